The number of rotatable bonds is 3. The first-order chi connectivity index (χ1) is 12.5. The first-order valence-electron chi connectivity index (χ1n) is 8.25. The summed E-state index contributed by atoms with van der Waals surface area (Å²) >= 11 is 6.32. The third kappa shape index (κ3) is 2.63. The van der Waals surface area contributed by atoms with Gasteiger partial charge in [-0.3, -0.25) is 4.79 Å². The van der Waals surface area contributed by atoms with E-state index in [9.17, 15) is 4.79 Å². The number of nitrogens with zero attached hydrogens (tertiary/aromatic N) is 1. The van der Waals surface area contributed by atoms with Gasteiger partial charge in [0.1, 0.15) is 5.75 Å². The number of hydrogen-bond donors (Lipinski definition) is 1. The van der Waals surface area contributed by atoms with Crippen LogP contribution >= 0.6 is 11.6 Å². The predicted octanol–water partition coefficient (Wildman–Crippen LogP) is 4.39. The van der Waals surface area contributed by atoms with Crippen LogP contribution in [-0.4, -0.2) is 18.0 Å². The molecule has 0 spiro atoms. The Balaban J connectivity index is 1.92. The van der Waals surface area contributed by atoms with E-state index in [2.05, 4.69) is 6.07 Å². The average molecular weight is 365 g/mol. The van der Waals surface area contributed by atoms with E-state index in [1.165, 1.54) is 0 Å². The zero-order valence-electron chi connectivity index (χ0n) is 14.5. The van der Waals surface area contributed by atoms with Gasteiger partial charge < -0.3 is 10.5 Å². The minimum absolute atomic E-state index is 0.450. The Kier molecular flexibility index (Phi) is 3.93. The molecule has 1 aliphatic rings. The molecule has 1 amide bonds. The smallest absolute Gasteiger partial charge is 0.249 e. The van der Waals surface area contributed by atoms with E-state index in [0.29, 0.717) is 22.7 Å². The third-order valence-corrected chi connectivity index (χ3v) is 5.19. The molecule has 0 bridgehead atoms. The van der Waals surface area contributed by atoms with Crippen molar-refractivity contribution in [3.63, 3.8) is 0 Å². The lowest BCUT2D eigenvalue weighted by atomic mass is 10.0. The molecular weight excluding hydrogens is 348 g/mol. The molecule has 26 heavy (non-hydrogen) atoms. The topological polar surface area (TPSA) is 65.2 Å². The fourth-order valence-corrected chi connectivity index (χ4v) is 3.56. The van der Waals surface area contributed by atoms with Crippen LogP contribution in [0.5, 0.6) is 5.75 Å². The maximum absolute atomic E-state index is 12.1. The van der Waals surface area contributed by atoms with E-state index >= 15 is 0 Å². The zero-order valence-corrected chi connectivity index (χ0v) is 15.2. The van der Waals surface area contributed by atoms with Crippen molar-refractivity contribution in [2.45, 2.75) is 13.3 Å². The minimum Gasteiger partial charge on any atom is -0.497 e. The molecule has 0 aliphatic heterocycles. The molecule has 2 aromatic carbocycles. The monoisotopic (exact) mass is 364 g/mol. The maximum atomic E-state index is 12.1. The standard InChI is InChI=1S/C21H17ClN2O2/c1-11-7-13-8-16-17(21(23)25)10-19(12-3-5-14(26-2)6-4-12)24-20(16)15(13)9-18(11)22/h3-7,9-10H,8H2,1-2H3,(H2,23,25). The summed E-state index contributed by atoms with van der Waals surface area (Å²) in [6.45, 7) is 1.97. The van der Waals surface area contributed by atoms with Crippen molar-refractivity contribution in [2.24, 2.45) is 5.73 Å². The normalized spacial score (nSPS) is 11.8. The lowest BCUT2D eigenvalue weighted by Gasteiger charge is -2.10. The highest BCUT2D eigenvalue weighted by atomic mass is 35.5. The number of halogens is 1. The molecule has 1 aromatic heterocycles. The molecule has 0 fully saturated rings. The van der Waals surface area contributed by atoms with Gasteiger partial charge in [0.15, 0.2) is 0 Å². The van der Waals surface area contributed by atoms with Gasteiger partial charge in [-0.15, -0.1) is 0 Å². The predicted molar refractivity (Wildman–Crippen MR) is 103 cm³/mol. The SMILES string of the molecule is COc1ccc(-c2cc(C(N)=O)c3c(n2)-c2cc(Cl)c(C)cc2C3)cc1. The lowest BCUT2D eigenvalue weighted by Crippen LogP contribution is -2.14. The van der Waals surface area contributed by atoms with Gasteiger partial charge in [0.25, 0.3) is 0 Å². The third-order valence-electron chi connectivity index (χ3n) is 4.78. The Labute approximate surface area is 156 Å². The molecule has 4 rings (SSSR count). The molecule has 1 aliphatic carbocycles. The number of fused-ring (bicyclic) bond motifs is 3. The van der Waals surface area contributed by atoms with Crippen LogP contribution in [0.25, 0.3) is 22.5 Å². The van der Waals surface area contributed by atoms with Crippen molar-refractivity contribution >= 4 is 17.5 Å². The number of aryl methyl sites for hydroxylation is 1. The molecule has 5 heteroatoms. The van der Waals surface area contributed by atoms with E-state index in [0.717, 1.165) is 39.3 Å². The van der Waals surface area contributed by atoms with Crippen LogP contribution in [0.4, 0.5) is 0 Å². The van der Waals surface area contributed by atoms with Gasteiger partial charge in [0.05, 0.1) is 18.5 Å². The number of amides is 1. The number of carbonyl (C=O) groups is 1. The molecular formula is C21H17ClN2O2. The zero-order chi connectivity index (χ0) is 18.4. The fourth-order valence-electron chi connectivity index (χ4n) is 3.40. The molecule has 0 radical (unpaired) electrons. The Morgan fingerprint density at radius 3 is 2.58 bits per heavy atom. The van der Waals surface area contributed by atoms with E-state index < -0.39 is 5.91 Å². The highest BCUT2D eigenvalue weighted by Crippen LogP contribution is 2.41. The van der Waals surface area contributed by atoms with Crippen LogP contribution in [0.1, 0.15) is 27.0 Å². The number of nitrogens with two attached hydrogens (primary N) is 1. The lowest BCUT2D eigenvalue weighted by molar-refractivity contribution is 0.0999. The number of benzene rings is 2. The van der Waals surface area contributed by atoms with Crippen LogP contribution in [0.15, 0.2) is 42.5 Å². The Hall–Kier alpha value is -2.85. The average Bonchev–Trinajstić information content (AvgIpc) is 2.98. The van der Waals surface area contributed by atoms with E-state index in [-0.39, 0.29) is 0 Å². The van der Waals surface area contributed by atoms with Crippen LogP contribution in [-0.2, 0) is 6.42 Å². The summed E-state index contributed by atoms with van der Waals surface area (Å²) in [5, 5.41) is 0.689. The fraction of sp³-hybridized carbons (Fsp3) is 0.143. The second kappa shape index (κ2) is 6.15. The molecule has 130 valence electrons. The maximum Gasteiger partial charge on any atom is 0.249 e. The summed E-state index contributed by atoms with van der Waals surface area (Å²) in [5.41, 5.74) is 12.5. The van der Waals surface area contributed by atoms with Crippen molar-refractivity contribution in [3.05, 3.63) is 69.7 Å². The van der Waals surface area contributed by atoms with Gasteiger partial charge in [0, 0.05) is 28.1 Å². The first kappa shape index (κ1) is 16.6. The number of ether oxygens (including phenoxy) is 1. The summed E-state index contributed by atoms with van der Waals surface area (Å²) in [6, 6.07) is 13.3. The quantitative estimate of drug-likeness (QED) is 0.586. The highest BCUT2D eigenvalue weighted by Gasteiger charge is 2.26. The summed E-state index contributed by atoms with van der Waals surface area (Å²) in [6.07, 6.45) is 0.636. The summed E-state index contributed by atoms with van der Waals surface area (Å²) in [4.78, 5) is 16.9. The number of pyridine rings is 1. The number of carbonyl (C=O) groups excluding carboxylic acids is 1. The van der Waals surface area contributed by atoms with Crippen molar-refractivity contribution in [2.75, 3.05) is 7.11 Å². The highest BCUT2D eigenvalue weighted by molar-refractivity contribution is 6.31. The number of methoxy groups -OCH3 is 1. The van der Waals surface area contributed by atoms with E-state index in [1.54, 1.807) is 13.2 Å². The molecule has 3 aromatic rings. The molecule has 1 heterocycles. The van der Waals surface area contributed by atoms with Gasteiger partial charge in [-0.1, -0.05) is 17.7 Å². The van der Waals surface area contributed by atoms with Crippen molar-refractivity contribution in [1.29, 1.82) is 0 Å². The second-order valence-corrected chi connectivity index (χ2v) is 6.82. The minimum atomic E-state index is -0.450. The molecule has 2 N–H and O–H groups in total. The molecule has 0 saturated heterocycles. The summed E-state index contributed by atoms with van der Waals surface area (Å²) in [7, 11) is 1.62. The number of primary amides is 1. The van der Waals surface area contributed by atoms with E-state index in [4.69, 9.17) is 27.1 Å². The van der Waals surface area contributed by atoms with Crippen molar-refractivity contribution < 1.29 is 9.53 Å². The van der Waals surface area contributed by atoms with Crippen LogP contribution in [0.2, 0.25) is 5.02 Å². The second-order valence-electron chi connectivity index (χ2n) is 6.41. The molecule has 0 atom stereocenters. The van der Waals surface area contributed by atoms with Gasteiger partial charge in [-0.2, -0.15) is 0 Å². The summed E-state index contributed by atoms with van der Waals surface area (Å²) in [5.74, 6) is 0.312. The number of hydrogen-bond acceptors (Lipinski definition) is 3. The van der Waals surface area contributed by atoms with Gasteiger partial charge in [-0.25, -0.2) is 4.98 Å². The van der Waals surface area contributed by atoms with Gasteiger partial charge in [0.2, 0.25) is 5.91 Å². The Morgan fingerprint density at radius 1 is 1.19 bits per heavy atom. The first-order valence-corrected chi connectivity index (χ1v) is 8.63. The molecule has 0 saturated carbocycles. The van der Waals surface area contributed by atoms with Gasteiger partial charge in [-0.05, 0) is 60.0 Å². The van der Waals surface area contributed by atoms with Crippen LogP contribution < -0.4 is 10.5 Å². The van der Waals surface area contributed by atoms with E-state index in [1.807, 2.05) is 37.3 Å². The van der Waals surface area contributed by atoms with Crippen molar-refractivity contribution in [1.82, 2.24) is 4.98 Å². The van der Waals surface area contributed by atoms with Crippen LogP contribution in [0.3, 0.4) is 0 Å². The Morgan fingerprint density at radius 2 is 1.92 bits per heavy atom. The summed E-state index contributed by atoms with van der Waals surface area (Å²) < 4.78 is 5.20. The largest absolute Gasteiger partial charge is 0.497 e. The molecule has 4 nitrogen and oxygen atoms in total. The van der Waals surface area contributed by atoms with Crippen LogP contribution in [0, 0.1) is 6.92 Å². The van der Waals surface area contributed by atoms with Gasteiger partial charge >= 0.3 is 0 Å². The molecule has 0 unspecified atom stereocenters. The number of aromatic nitrogens is 1. The Bertz CT molecular complexity index is 1040. The van der Waals surface area contributed by atoms with Crippen molar-refractivity contribution in [3.8, 4) is 28.3 Å².